The summed E-state index contributed by atoms with van der Waals surface area (Å²) in [5.41, 5.74) is 7.16. The van der Waals surface area contributed by atoms with Gasteiger partial charge in [0.2, 0.25) is 0 Å². The van der Waals surface area contributed by atoms with E-state index in [1.54, 1.807) is 0 Å². The third-order valence-electron chi connectivity index (χ3n) is 2.34. The maximum absolute atomic E-state index is 3.12. The van der Waals surface area contributed by atoms with Gasteiger partial charge in [0, 0.05) is 0 Å². The molecule has 0 spiro atoms. The smallest absolute Gasteiger partial charge is 0.00639 e. The van der Waals surface area contributed by atoms with Crippen LogP contribution < -0.4 is 0 Å². The summed E-state index contributed by atoms with van der Waals surface area (Å²) in [6.07, 6.45) is 15.5. The maximum atomic E-state index is 3.12. The Bertz CT molecular complexity index is 392. The molecule has 0 fully saturated rings. The third kappa shape index (κ3) is 4.01. The van der Waals surface area contributed by atoms with Crippen molar-refractivity contribution in [1.82, 2.24) is 0 Å². The highest BCUT2D eigenvalue weighted by molar-refractivity contribution is 5.38. The van der Waals surface area contributed by atoms with Crippen LogP contribution in [0.25, 0.3) is 0 Å². The molecule has 0 saturated carbocycles. The quantitative estimate of drug-likeness (QED) is 0.463. The van der Waals surface area contributed by atoms with E-state index in [0.29, 0.717) is 0 Å². The van der Waals surface area contributed by atoms with Crippen molar-refractivity contribution in [2.75, 3.05) is 0 Å². The first-order valence-corrected chi connectivity index (χ1v) is 5.31. The standard InChI is InChI=1S/C15H18/c1-4-5-9-13(2)12-15-11-8-6-7-10-14(15)3/h4-6,8-11H,12H2,1-3H3. The van der Waals surface area contributed by atoms with Crippen LogP contribution >= 0.6 is 0 Å². The summed E-state index contributed by atoms with van der Waals surface area (Å²) in [5.74, 6) is 0. The van der Waals surface area contributed by atoms with Gasteiger partial charge in [-0.2, -0.15) is 0 Å². The van der Waals surface area contributed by atoms with E-state index in [0.717, 1.165) is 6.42 Å². The van der Waals surface area contributed by atoms with Gasteiger partial charge in [-0.3, -0.25) is 0 Å². The van der Waals surface area contributed by atoms with Gasteiger partial charge in [0.1, 0.15) is 0 Å². The molecule has 0 unspecified atom stereocenters. The molecular formula is C15H18. The summed E-state index contributed by atoms with van der Waals surface area (Å²) < 4.78 is 0. The molecule has 78 valence electrons. The summed E-state index contributed by atoms with van der Waals surface area (Å²) >= 11 is 0. The van der Waals surface area contributed by atoms with Crippen LogP contribution in [-0.2, 0) is 0 Å². The topological polar surface area (TPSA) is 0 Å². The number of hydrogen-bond donors (Lipinski definition) is 0. The Kier molecular flexibility index (Phi) is 4.66. The lowest BCUT2D eigenvalue weighted by Gasteiger charge is -2.04. The van der Waals surface area contributed by atoms with E-state index in [1.165, 1.54) is 16.7 Å². The zero-order valence-electron chi connectivity index (χ0n) is 9.75. The highest BCUT2D eigenvalue weighted by atomic mass is 14.0. The molecular weight excluding hydrogens is 180 g/mol. The van der Waals surface area contributed by atoms with Crippen LogP contribution in [0.3, 0.4) is 0 Å². The normalized spacial score (nSPS) is 16.6. The van der Waals surface area contributed by atoms with Crippen molar-refractivity contribution in [2.45, 2.75) is 27.2 Å². The van der Waals surface area contributed by atoms with E-state index >= 15 is 0 Å². The summed E-state index contributed by atoms with van der Waals surface area (Å²) in [6, 6.07) is 0. The van der Waals surface area contributed by atoms with Crippen LogP contribution in [0.15, 0.2) is 65.0 Å². The van der Waals surface area contributed by atoms with Gasteiger partial charge in [-0.15, -0.1) is 5.73 Å². The minimum absolute atomic E-state index is 1.01. The monoisotopic (exact) mass is 198 g/mol. The predicted molar refractivity (Wildman–Crippen MR) is 67.7 cm³/mol. The lowest BCUT2D eigenvalue weighted by Crippen LogP contribution is -1.85. The Morgan fingerprint density at radius 2 is 2.27 bits per heavy atom. The molecule has 0 aromatic carbocycles. The van der Waals surface area contributed by atoms with Crippen molar-refractivity contribution in [3.05, 3.63) is 65.0 Å². The number of rotatable bonds is 3. The molecule has 15 heavy (non-hydrogen) atoms. The van der Waals surface area contributed by atoms with E-state index < -0.39 is 0 Å². The minimum atomic E-state index is 1.01. The minimum Gasteiger partial charge on any atom is -0.121 e. The van der Waals surface area contributed by atoms with E-state index in [1.807, 2.05) is 25.2 Å². The first kappa shape index (κ1) is 11.6. The second-order valence-corrected chi connectivity index (χ2v) is 3.76. The fourth-order valence-corrected chi connectivity index (χ4v) is 1.44. The second-order valence-electron chi connectivity index (χ2n) is 3.76. The van der Waals surface area contributed by atoms with Crippen LogP contribution in [0.2, 0.25) is 0 Å². The average Bonchev–Trinajstić information content (AvgIpc) is 2.42. The van der Waals surface area contributed by atoms with Crippen molar-refractivity contribution >= 4 is 0 Å². The van der Waals surface area contributed by atoms with Gasteiger partial charge in [-0.1, -0.05) is 36.0 Å². The molecule has 0 aromatic heterocycles. The molecule has 1 rings (SSSR count). The molecule has 0 aliphatic heterocycles. The van der Waals surface area contributed by atoms with Crippen LogP contribution in [0.4, 0.5) is 0 Å². The Balaban J connectivity index is 2.79. The Labute approximate surface area is 92.7 Å². The van der Waals surface area contributed by atoms with Gasteiger partial charge in [0.05, 0.1) is 0 Å². The zero-order chi connectivity index (χ0) is 11.1. The number of allylic oxidation sites excluding steroid dienone is 9. The summed E-state index contributed by atoms with van der Waals surface area (Å²) in [5, 5.41) is 0. The Hall–Kier alpha value is -1.52. The molecule has 0 atom stereocenters. The maximum Gasteiger partial charge on any atom is -0.00639 e. The SMILES string of the molecule is CC=CC=C(C)CC1=C(C)C=C=CC=C1. The summed E-state index contributed by atoms with van der Waals surface area (Å²) in [6.45, 7) is 6.33. The highest BCUT2D eigenvalue weighted by Gasteiger charge is 1.99. The van der Waals surface area contributed by atoms with E-state index in [2.05, 4.69) is 43.9 Å². The number of hydrogen-bond acceptors (Lipinski definition) is 0. The Morgan fingerprint density at radius 3 is 3.00 bits per heavy atom. The first-order chi connectivity index (χ1) is 7.24. The Morgan fingerprint density at radius 1 is 1.47 bits per heavy atom. The van der Waals surface area contributed by atoms with E-state index in [4.69, 9.17) is 0 Å². The fraction of sp³-hybridized carbons (Fsp3) is 0.267. The molecule has 0 N–H and O–H groups in total. The molecule has 0 heteroatoms. The van der Waals surface area contributed by atoms with Crippen molar-refractivity contribution < 1.29 is 0 Å². The van der Waals surface area contributed by atoms with Gasteiger partial charge in [0.15, 0.2) is 0 Å². The van der Waals surface area contributed by atoms with Gasteiger partial charge < -0.3 is 0 Å². The second kappa shape index (κ2) is 6.06. The van der Waals surface area contributed by atoms with Gasteiger partial charge in [-0.25, -0.2) is 0 Å². The third-order valence-corrected chi connectivity index (χ3v) is 2.34. The van der Waals surface area contributed by atoms with E-state index in [9.17, 15) is 0 Å². The van der Waals surface area contributed by atoms with Crippen LogP contribution in [0.5, 0.6) is 0 Å². The largest absolute Gasteiger partial charge is 0.121 e. The van der Waals surface area contributed by atoms with E-state index in [-0.39, 0.29) is 0 Å². The first-order valence-electron chi connectivity index (χ1n) is 5.31. The predicted octanol–water partition coefficient (Wildman–Crippen LogP) is 4.50. The van der Waals surface area contributed by atoms with Crippen molar-refractivity contribution in [2.24, 2.45) is 0 Å². The van der Waals surface area contributed by atoms with Gasteiger partial charge in [-0.05, 0) is 50.5 Å². The lowest BCUT2D eigenvalue weighted by molar-refractivity contribution is 1.13. The van der Waals surface area contributed by atoms with Crippen molar-refractivity contribution in [3.8, 4) is 0 Å². The van der Waals surface area contributed by atoms with Crippen LogP contribution in [-0.4, -0.2) is 0 Å². The lowest BCUT2D eigenvalue weighted by atomic mass is 10.0. The molecule has 0 saturated heterocycles. The molecule has 1 aliphatic rings. The van der Waals surface area contributed by atoms with Crippen LogP contribution in [0, 0.1) is 0 Å². The molecule has 0 amide bonds. The molecule has 0 aromatic rings. The summed E-state index contributed by atoms with van der Waals surface area (Å²) in [4.78, 5) is 0. The highest BCUT2D eigenvalue weighted by Crippen LogP contribution is 2.18. The van der Waals surface area contributed by atoms with Crippen molar-refractivity contribution in [3.63, 3.8) is 0 Å². The molecule has 0 radical (unpaired) electrons. The summed E-state index contributed by atoms with van der Waals surface area (Å²) in [7, 11) is 0. The average molecular weight is 198 g/mol. The van der Waals surface area contributed by atoms with Gasteiger partial charge >= 0.3 is 0 Å². The fourth-order valence-electron chi connectivity index (χ4n) is 1.44. The van der Waals surface area contributed by atoms with Gasteiger partial charge in [0.25, 0.3) is 0 Å². The van der Waals surface area contributed by atoms with Crippen LogP contribution in [0.1, 0.15) is 27.2 Å². The molecule has 1 aliphatic carbocycles. The zero-order valence-corrected chi connectivity index (χ0v) is 9.75. The molecule has 0 nitrogen and oxygen atoms in total. The molecule has 0 bridgehead atoms. The molecule has 0 heterocycles. The van der Waals surface area contributed by atoms with Crippen molar-refractivity contribution in [1.29, 1.82) is 0 Å².